The van der Waals surface area contributed by atoms with Gasteiger partial charge in [0, 0.05) is 5.56 Å². The first kappa shape index (κ1) is 19.6. The minimum Gasteiger partial charge on any atom is -0.542 e. The second-order valence-electron chi connectivity index (χ2n) is 7.69. The average molecular weight is 372 g/mol. The molecule has 0 aliphatic rings. The van der Waals surface area contributed by atoms with E-state index in [2.05, 4.69) is 65.0 Å². The highest BCUT2D eigenvalue weighted by atomic mass is 35.5. The van der Waals surface area contributed by atoms with Crippen LogP contribution in [0.25, 0.3) is 0 Å². The Bertz CT molecular complexity index is 615. The van der Waals surface area contributed by atoms with Crippen LogP contribution in [0.2, 0.25) is 42.8 Å². The quantitative estimate of drug-likeness (QED) is 0.447. The molecule has 0 bridgehead atoms. The number of benzene rings is 1. The molecular formula is C17H25Cl2OSi2. The highest BCUT2D eigenvalue weighted by molar-refractivity contribution is 6.83. The molecule has 22 heavy (non-hydrogen) atoms. The van der Waals surface area contributed by atoms with Crippen molar-refractivity contribution in [2.45, 2.75) is 58.9 Å². The third kappa shape index (κ3) is 5.35. The van der Waals surface area contributed by atoms with Crippen molar-refractivity contribution in [1.82, 2.24) is 0 Å². The minimum absolute atomic E-state index is 0.0792. The Balaban J connectivity index is 3.61. The van der Waals surface area contributed by atoms with Crippen molar-refractivity contribution in [2.75, 3.05) is 0 Å². The Hall–Kier alpha value is -0.406. The maximum atomic E-state index is 6.53. The van der Waals surface area contributed by atoms with Crippen LogP contribution in [-0.4, -0.2) is 17.1 Å². The van der Waals surface area contributed by atoms with Gasteiger partial charge in [-0.15, -0.1) is 5.54 Å². The van der Waals surface area contributed by atoms with E-state index in [-0.39, 0.29) is 5.41 Å². The molecule has 1 rings (SSSR count). The smallest absolute Gasteiger partial charge is 0.274 e. The summed E-state index contributed by atoms with van der Waals surface area (Å²) in [7, 11) is -2.40. The Morgan fingerprint density at radius 1 is 1.09 bits per heavy atom. The summed E-state index contributed by atoms with van der Waals surface area (Å²) in [6.45, 7) is 17.3. The summed E-state index contributed by atoms with van der Waals surface area (Å²) in [6, 6.07) is 2.01. The van der Waals surface area contributed by atoms with E-state index < -0.39 is 17.1 Å². The van der Waals surface area contributed by atoms with Gasteiger partial charge in [-0.3, -0.25) is 0 Å². The molecule has 5 heteroatoms. The predicted molar refractivity (Wildman–Crippen MR) is 103 cm³/mol. The van der Waals surface area contributed by atoms with E-state index in [0.29, 0.717) is 15.8 Å². The lowest BCUT2D eigenvalue weighted by Gasteiger charge is -2.24. The number of hydrogen-bond donors (Lipinski definition) is 0. The van der Waals surface area contributed by atoms with E-state index in [0.717, 1.165) is 11.1 Å². The Morgan fingerprint density at radius 3 is 2.05 bits per heavy atom. The third-order valence-electron chi connectivity index (χ3n) is 2.86. The minimum atomic E-state index is -1.49. The molecule has 0 aliphatic heterocycles. The number of halogens is 2. The van der Waals surface area contributed by atoms with Gasteiger partial charge in [0.15, 0.2) is 0 Å². The fourth-order valence-electron chi connectivity index (χ4n) is 1.86. The summed E-state index contributed by atoms with van der Waals surface area (Å²) in [5.41, 5.74) is 5.24. The molecule has 0 atom stereocenters. The van der Waals surface area contributed by atoms with Gasteiger partial charge in [0.2, 0.25) is 0 Å². The summed E-state index contributed by atoms with van der Waals surface area (Å²) >= 11 is 13.0. The van der Waals surface area contributed by atoms with Crippen molar-refractivity contribution < 1.29 is 4.43 Å². The zero-order valence-electron chi connectivity index (χ0n) is 14.7. The lowest BCUT2D eigenvalue weighted by Crippen LogP contribution is -2.18. The van der Waals surface area contributed by atoms with Crippen LogP contribution in [0.3, 0.4) is 0 Å². The third-order valence-corrected chi connectivity index (χ3v) is 5.21. The molecule has 1 aromatic carbocycles. The number of rotatable bonds is 2. The average Bonchev–Trinajstić information content (AvgIpc) is 2.30. The lowest BCUT2D eigenvalue weighted by molar-refractivity contribution is 0.560. The molecule has 1 nitrogen and oxygen atoms in total. The van der Waals surface area contributed by atoms with Crippen molar-refractivity contribution in [3.63, 3.8) is 0 Å². The Morgan fingerprint density at radius 2 is 1.64 bits per heavy atom. The molecule has 121 valence electrons. The first-order chi connectivity index (χ1) is 9.83. The van der Waals surface area contributed by atoms with Crippen molar-refractivity contribution in [3.05, 3.63) is 27.2 Å². The van der Waals surface area contributed by atoms with Crippen molar-refractivity contribution >= 4 is 40.3 Å². The van der Waals surface area contributed by atoms with Crippen LogP contribution in [0, 0.1) is 11.5 Å². The van der Waals surface area contributed by atoms with Gasteiger partial charge in [-0.25, -0.2) is 0 Å². The van der Waals surface area contributed by atoms with Gasteiger partial charge >= 0.3 is 0 Å². The molecule has 0 spiro atoms. The fraction of sp³-hybridized carbons (Fsp3) is 0.529. The van der Waals surface area contributed by atoms with E-state index in [1.54, 1.807) is 0 Å². The summed E-state index contributed by atoms with van der Waals surface area (Å²) in [6.07, 6.45) is 0. The molecule has 0 amide bonds. The van der Waals surface area contributed by atoms with Crippen LogP contribution in [0.5, 0.6) is 5.75 Å². The molecule has 0 fully saturated rings. The first-order valence-electron chi connectivity index (χ1n) is 7.36. The number of hydrogen-bond acceptors (Lipinski definition) is 1. The summed E-state index contributed by atoms with van der Waals surface area (Å²) < 4.78 is 5.91. The highest BCUT2D eigenvalue weighted by Gasteiger charge is 2.24. The van der Waals surface area contributed by atoms with Gasteiger partial charge in [0.25, 0.3) is 9.04 Å². The predicted octanol–water partition coefficient (Wildman–Crippen LogP) is 6.15. The van der Waals surface area contributed by atoms with E-state index in [1.807, 2.05) is 6.07 Å². The fourth-order valence-corrected chi connectivity index (χ4v) is 3.46. The Labute approximate surface area is 148 Å². The maximum absolute atomic E-state index is 6.53. The summed E-state index contributed by atoms with van der Waals surface area (Å²) in [5.74, 6) is 3.97. The van der Waals surface area contributed by atoms with Gasteiger partial charge in [-0.05, 0) is 30.1 Å². The standard InChI is InChI=1S/C17H25Cl2OSi2/c1-17(2,3)13-11-14(20-21(4)5)16(19)15(18)12(13)9-10-22(6,7)8/h11H,1-8H3. The molecule has 0 unspecified atom stereocenters. The second-order valence-corrected chi connectivity index (χ2v) is 15.2. The zero-order chi connectivity index (χ0) is 17.3. The second kappa shape index (κ2) is 7.01. The van der Waals surface area contributed by atoms with Gasteiger partial charge < -0.3 is 4.43 Å². The van der Waals surface area contributed by atoms with E-state index in [4.69, 9.17) is 27.6 Å². The van der Waals surface area contributed by atoms with E-state index >= 15 is 0 Å². The largest absolute Gasteiger partial charge is 0.542 e. The van der Waals surface area contributed by atoms with Gasteiger partial charge in [-0.2, -0.15) is 0 Å². The topological polar surface area (TPSA) is 9.23 Å². The van der Waals surface area contributed by atoms with E-state index in [1.165, 1.54) is 0 Å². The monoisotopic (exact) mass is 371 g/mol. The molecule has 0 saturated carbocycles. The summed E-state index contributed by atoms with van der Waals surface area (Å²) in [5, 5.41) is 0.985. The van der Waals surface area contributed by atoms with Crippen molar-refractivity contribution in [1.29, 1.82) is 0 Å². The molecule has 0 aliphatic carbocycles. The highest BCUT2D eigenvalue weighted by Crippen LogP contribution is 2.41. The van der Waals surface area contributed by atoms with E-state index in [9.17, 15) is 0 Å². The molecular weight excluding hydrogens is 347 g/mol. The van der Waals surface area contributed by atoms with Crippen molar-refractivity contribution in [2.24, 2.45) is 0 Å². The normalized spacial score (nSPS) is 12.1. The molecule has 1 radical (unpaired) electrons. The Kier molecular flexibility index (Phi) is 6.25. The zero-order valence-corrected chi connectivity index (χ0v) is 18.3. The van der Waals surface area contributed by atoms with Crippen LogP contribution in [0.4, 0.5) is 0 Å². The molecule has 0 aromatic heterocycles. The van der Waals surface area contributed by atoms with Gasteiger partial charge in [0.1, 0.15) is 18.8 Å². The van der Waals surface area contributed by atoms with Crippen LogP contribution in [0.1, 0.15) is 31.9 Å². The molecule has 0 heterocycles. The molecule has 0 saturated heterocycles. The maximum Gasteiger partial charge on any atom is 0.274 e. The molecule has 0 N–H and O–H groups in total. The van der Waals surface area contributed by atoms with Crippen molar-refractivity contribution in [3.8, 4) is 17.2 Å². The molecule has 1 aromatic rings. The van der Waals surface area contributed by atoms with Crippen LogP contribution in [0.15, 0.2) is 6.07 Å². The van der Waals surface area contributed by atoms with Crippen LogP contribution < -0.4 is 4.43 Å². The van der Waals surface area contributed by atoms with Crippen LogP contribution in [-0.2, 0) is 5.41 Å². The van der Waals surface area contributed by atoms with Gasteiger partial charge in [0.05, 0.1) is 5.02 Å². The lowest BCUT2D eigenvalue weighted by atomic mass is 9.83. The summed E-state index contributed by atoms with van der Waals surface area (Å²) in [4.78, 5) is 0. The van der Waals surface area contributed by atoms with Gasteiger partial charge in [-0.1, -0.05) is 69.5 Å². The van der Waals surface area contributed by atoms with Crippen LogP contribution >= 0.6 is 23.2 Å². The SMILES string of the molecule is C[Si](C)Oc1cc(C(C)(C)C)c(C#C[Si](C)(C)C)c(Cl)c1Cl. The first-order valence-corrected chi connectivity index (χ1v) is 14.0.